The van der Waals surface area contributed by atoms with Crippen LogP contribution in [0, 0.1) is 0 Å². The van der Waals surface area contributed by atoms with Gasteiger partial charge in [-0.25, -0.2) is 4.57 Å². The molecule has 10 heavy (non-hydrogen) atoms. The van der Waals surface area contributed by atoms with Crippen molar-refractivity contribution in [3.8, 4) is 0 Å². The molecule has 0 aliphatic carbocycles. The van der Waals surface area contributed by atoms with Gasteiger partial charge in [-0.1, -0.05) is 8.38 Å². The average Bonchev–Trinajstić information content (AvgIpc) is 1.60. The highest BCUT2D eigenvalue weighted by molar-refractivity contribution is 7.90. The summed E-state index contributed by atoms with van der Waals surface area (Å²) in [5.74, 6) is 0. The van der Waals surface area contributed by atoms with Crippen molar-refractivity contribution in [2.45, 2.75) is 0 Å². The summed E-state index contributed by atoms with van der Waals surface area (Å²) in [6.45, 7) is 0. The summed E-state index contributed by atoms with van der Waals surface area (Å²) in [4.78, 5) is 0. The number of hydrogen-bond acceptors (Lipinski definition) is 4. The van der Waals surface area contributed by atoms with Crippen molar-refractivity contribution in [1.82, 2.24) is 4.49 Å². The molecule has 0 saturated heterocycles. The minimum absolute atomic E-state index is 0.517. The van der Waals surface area contributed by atoms with Crippen LogP contribution in [-0.4, -0.2) is 15.5 Å². The molecule has 0 heterocycles. The van der Waals surface area contributed by atoms with Gasteiger partial charge < -0.3 is 0 Å². The van der Waals surface area contributed by atoms with Gasteiger partial charge in [0, 0.05) is 7.11 Å². The highest BCUT2D eigenvalue weighted by Crippen LogP contribution is 2.43. The van der Waals surface area contributed by atoms with Gasteiger partial charge in [0.15, 0.2) is 0 Å². The van der Waals surface area contributed by atoms with E-state index >= 15 is 0 Å². The van der Waals surface area contributed by atoms with Gasteiger partial charge in [0.1, 0.15) is 0 Å². The Morgan fingerprint density at radius 1 is 1.60 bits per heavy atom. The zero-order valence-electron chi connectivity index (χ0n) is 4.74. The lowest BCUT2D eigenvalue weighted by Gasteiger charge is -2.01. The average molecular weight is 195 g/mol. The van der Waals surface area contributed by atoms with E-state index in [1.807, 2.05) is 0 Å². The highest BCUT2D eigenvalue weighted by Gasteiger charge is 2.27. The molecule has 1 atom stereocenters. The second-order valence-corrected chi connectivity index (χ2v) is 4.12. The largest absolute Gasteiger partial charge is 0.458 e. The number of hydrogen-bond donors (Lipinski definition) is 1. The van der Waals surface area contributed by atoms with Crippen molar-refractivity contribution >= 4 is 18.2 Å². The van der Waals surface area contributed by atoms with Crippen LogP contribution in [0.3, 0.4) is 0 Å². The van der Waals surface area contributed by atoms with Gasteiger partial charge in [-0.3, -0.25) is 4.52 Å². The number of rotatable bonds is 3. The standard InChI is InChI=1S/CH4F2NO4PS/c1-8-9(2,5)4-10(3,6)7/h1H3,(H,4,5). The van der Waals surface area contributed by atoms with E-state index in [1.165, 1.54) is 0 Å². The van der Waals surface area contributed by atoms with Crippen molar-refractivity contribution in [1.29, 1.82) is 0 Å². The van der Waals surface area contributed by atoms with E-state index in [4.69, 9.17) is 0 Å². The maximum atomic E-state index is 11.9. The van der Waals surface area contributed by atoms with E-state index in [-0.39, 0.29) is 0 Å². The fourth-order valence-corrected chi connectivity index (χ4v) is 1.51. The summed E-state index contributed by atoms with van der Waals surface area (Å²) in [6.07, 6.45) is 0. The first kappa shape index (κ1) is 9.96. The molecule has 0 spiro atoms. The van der Waals surface area contributed by atoms with E-state index in [0.717, 1.165) is 0 Å². The third kappa shape index (κ3) is 4.80. The zero-order valence-corrected chi connectivity index (χ0v) is 6.46. The van der Waals surface area contributed by atoms with Crippen LogP contribution in [0.4, 0.5) is 8.08 Å². The van der Waals surface area contributed by atoms with Gasteiger partial charge >= 0.3 is 18.2 Å². The molecule has 0 bridgehead atoms. The van der Waals surface area contributed by atoms with Crippen LogP contribution in [0.15, 0.2) is 0 Å². The van der Waals surface area contributed by atoms with Gasteiger partial charge in [-0.15, -0.1) is 4.20 Å². The molecule has 1 N–H and O–H groups in total. The van der Waals surface area contributed by atoms with E-state index in [0.29, 0.717) is 11.6 Å². The highest BCUT2D eigenvalue weighted by atomic mass is 32.3. The first-order chi connectivity index (χ1) is 4.27. The molecular weight excluding hydrogens is 191 g/mol. The summed E-state index contributed by atoms with van der Waals surface area (Å²) in [6, 6.07) is 0. The summed E-state index contributed by atoms with van der Waals surface area (Å²) in [5, 5.41) is 0. The monoisotopic (exact) mass is 195 g/mol. The molecule has 62 valence electrons. The molecule has 1 unspecified atom stereocenters. The molecular formula is CH4F2NO4PS. The van der Waals surface area contributed by atoms with Gasteiger partial charge in [-0.2, -0.15) is 8.42 Å². The van der Waals surface area contributed by atoms with Crippen molar-refractivity contribution in [3.05, 3.63) is 0 Å². The Bertz CT molecular complexity index is 248. The zero-order chi connectivity index (χ0) is 8.41. The molecule has 0 saturated carbocycles. The quantitative estimate of drug-likeness (QED) is 0.526. The molecule has 0 amide bonds. The molecule has 0 fully saturated rings. The predicted octanol–water partition coefficient (Wildman–Crippen LogP) is 0.514. The van der Waals surface area contributed by atoms with Gasteiger partial charge in [0.25, 0.3) is 0 Å². The van der Waals surface area contributed by atoms with Crippen molar-refractivity contribution < 1.29 is 25.6 Å². The first-order valence-corrected chi connectivity index (χ1v) is 4.76. The van der Waals surface area contributed by atoms with Crippen LogP contribution in [0.1, 0.15) is 0 Å². The molecule has 0 aliphatic rings. The smallest absolute Gasteiger partial charge is 0.296 e. The lowest BCUT2D eigenvalue weighted by atomic mass is 11.8. The van der Waals surface area contributed by atoms with Gasteiger partial charge in [0.2, 0.25) is 0 Å². The topological polar surface area (TPSA) is 72.5 Å². The van der Waals surface area contributed by atoms with E-state index in [1.54, 1.807) is 0 Å². The minimum Gasteiger partial charge on any atom is -0.296 e. The van der Waals surface area contributed by atoms with Crippen LogP contribution >= 0.6 is 7.83 Å². The molecule has 9 heteroatoms. The van der Waals surface area contributed by atoms with E-state index in [9.17, 15) is 21.1 Å². The summed E-state index contributed by atoms with van der Waals surface area (Å²) in [5.41, 5.74) is 0. The van der Waals surface area contributed by atoms with Crippen LogP contribution in [0.5, 0.6) is 0 Å². The van der Waals surface area contributed by atoms with E-state index in [2.05, 4.69) is 4.52 Å². The lowest BCUT2D eigenvalue weighted by molar-refractivity contribution is 0.350. The van der Waals surface area contributed by atoms with E-state index < -0.39 is 18.2 Å². The molecule has 0 radical (unpaired) electrons. The Kier molecular flexibility index (Phi) is 2.90. The Balaban J connectivity index is 4.32. The normalized spacial score (nSPS) is 18.3. The number of halogens is 2. The summed E-state index contributed by atoms with van der Waals surface area (Å²) in [7, 11) is -9.68. The van der Waals surface area contributed by atoms with Crippen molar-refractivity contribution in [2.75, 3.05) is 7.11 Å². The summed E-state index contributed by atoms with van der Waals surface area (Å²) < 4.78 is 56.4. The molecule has 0 rings (SSSR count). The molecule has 0 aliphatic heterocycles. The third-order valence-electron chi connectivity index (χ3n) is 0.453. The fraction of sp³-hybridized carbons (Fsp3) is 1.00. The third-order valence-corrected chi connectivity index (χ3v) is 2.67. The Hall–Kier alpha value is -0.0400. The Morgan fingerprint density at radius 3 is 2.10 bits per heavy atom. The second-order valence-electron chi connectivity index (χ2n) is 1.19. The lowest BCUT2D eigenvalue weighted by Crippen LogP contribution is -2.13. The molecule has 0 aromatic heterocycles. The predicted molar refractivity (Wildman–Crippen MR) is 28.9 cm³/mol. The van der Waals surface area contributed by atoms with Crippen LogP contribution in [0.2, 0.25) is 0 Å². The number of nitrogens with one attached hydrogen (secondary N) is 1. The second kappa shape index (κ2) is 2.91. The SMILES string of the molecule is COP(=O)(F)NS(=O)(=O)F. The Morgan fingerprint density at radius 2 is 2.00 bits per heavy atom. The molecule has 5 nitrogen and oxygen atoms in total. The van der Waals surface area contributed by atoms with Crippen LogP contribution in [0.25, 0.3) is 0 Å². The maximum Gasteiger partial charge on any atom is 0.458 e. The Labute approximate surface area is 56.3 Å². The van der Waals surface area contributed by atoms with Gasteiger partial charge in [-0.05, 0) is 0 Å². The molecule has 0 aromatic rings. The van der Waals surface area contributed by atoms with Crippen LogP contribution < -0.4 is 4.49 Å². The first-order valence-electron chi connectivity index (χ1n) is 1.86. The fourth-order valence-electron chi connectivity index (χ4n) is 0.168. The maximum absolute atomic E-state index is 11.9. The van der Waals surface area contributed by atoms with Crippen molar-refractivity contribution in [3.63, 3.8) is 0 Å². The van der Waals surface area contributed by atoms with Gasteiger partial charge in [0.05, 0.1) is 0 Å². The van der Waals surface area contributed by atoms with Crippen molar-refractivity contribution in [2.24, 2.45) is 0 Å². The minimum atomic E-state index is -5.31. The molecule has 0 aromatic carbocycles. The van der Waals surface area contributed by atoms with Crippen LogP contribution in [-0.2, 0) is 19.5 Å². The summed E-state index contributed by atoms with van der Waals surface area (Å²) >= 11 is 0.